The Hall–Kier alpha value is -0.770. The second-order valence-electron chi connectivity index (χ2n) is 2.74. The number of rotatable bonds is 3. The van der Waals surface area contributed by atoms with Crippen LogP contribution in [0.1, 0.15) is 12.8 Å². The molecule has 0 heterocycles. The second kappa shape index (κ2) is 2.46. The maximum atomic E-state index is 10.2. The molecule has 1 aliphatic carbocycles. The van der Waals surface area contributed by atoms with E-state index in [2.05, 4.69) is 10.6 Å². The average Bonchev–Trinajstić information content (AvgIpc) is 2.47. The highest BCUT2D eigenvalue weighted by molar-refractivity contribution is 5.66. The van der Waals surface area contributed by atoms with E-state index in [1.54, 1.807) is 0 Å². The topological polar surface area (TPSA) is 61.4 Å². The third kappa shape index (κ3) is 1.60. The van der Waals surface area contributed by atoms with Crippen molar-refractivity contribution < 1.29 is 9.90 Å². The molecule has 4 nitrogen and oxygen atoms in total. The van der Waals surface area contributed by atoms with Crippen molar-refractivity contribution in [3.63, 3.8) is 0 Å². The maximum absolute atomic E-state index is 10.2. The molecule has 0 aromatic carbocycles. The minimum atomic E-state index is -0.923. The predicted molar refractivity (Wildman–Crippen MR) is 37.1 cm³/mol. The van der Waals surface area contributed by atoms with Gasteiger partial charge >= 0.3 is 6.09 Å². The van der Waals surface area contributed by atoms with Crippen LogP contribution < -0.4 is 10.6 Å². The van der Waals surface area contributed by atoms with Crippen LogP contribution in [0.2, 0.25) is 0 Å². The van der Waals surface area contributed by atoms with E-state index in [9.17, 15) is 4.79 Å². The number of nitrogens with one attached hydrogen (secondary N) is 2. The lowest BCUT2D eigenvalue weighted by molar-refractivity contribution is 0.188. The van der Waals surface area contributed by atoms with Crippen LogP contribution in [0.15, 0.2) is 0 Å². The van der Waals surface area contributed by atoms with Gasteiger partial charge in [-0.05, 0) is 19.9 Å². The minimum Gasteiger partial charge on any atom is -0.465 e. The number of carboxylic acid groups (broad SMARTS) is 1. The molecule has 4 heteroatoms. The molecule has 1 fully saturated rings. The van der Waals surface area contributed by atoms with Crippen LogP contribution in [0, 0.1) is 0 Å². The molecule has 0 spiro atoms. The summed E-state index contributed by atoms with van der Waals surface area (Å²) in [6.45, 7) is 0.735. The summed E-state index contributed by atoms with van der Waals surface area (Å²) in [4.78, 5) is 10.2. The van der Waals surface area contributed by atoms with Crippen LogP contribution in [0.25, 0.3) is 0 Å². The SMILES string of the molecule is CNCC1(NC(=O)O)CC1. The summed E-state index contributed by atoms with van der Waals surface area (Å²) < 4.78 is 0. The average molecular weight is 144 g/mol. The van der Waals surface area contributed by atoms with Gasteiger partial charge in [-0.2, -0.15) is 0 Å². The first-order valence-corrected chi connectivity index (χ1v) is 3.34. The van der Waals surface area contributed by atoms with Crippen LogP contribution in [-0.2, 0) is 0 Å². The van der Waals surface area contributed by atoms with Crippen LogP contribution in [0.4, 0.5) is 4.79 Å². The van der Waals surface area contributed by atoms with Crippen LogP contribution in [0.5, 0.6) is 0 Å². The molecule has 3 N–H and O–H groups in total. The zero-order valence-electron chi connectivity index (χ0n) is 5.98. The summed E-state index contributed by atoms with van der Waals surface area (Å²) in [5.41, 5.74) is -0.138. The lowest BCUT2D eigenvalue weighted by Gasteiger charge is -2.13. The van der Waals surface area contributed by atoms with Gasteiger partial charge in [0, 0.05) is 6.54 Å². The van der Waals surface area contributed by atoms with E-state index < -0.39 is 6.09 Å². The van der Waals surface area contributed by atoms with E-state index in [1.807, 2.05) is 7.05 Å². The van der Waals surface area contributed by atoms with Crippen molar-refractivity contribution in [2.75, 3.05) is 13.6 Å². The highest BCUT2D eigenvalue weighted by atomic mass is 16.4. The van der Waals surface area contributed by atoms with Gasteiger partial charge in [0.25, 0.3) is 0 Å². The predicted octanol–water partition coefficient (Wildman–Crippen LogP) is 0.00600. The molecular formula is C6H12N2O2. The van der Waals surface area contributed by atoms with Gasteiger partial charge in [0.1, 0.15) is 0 Å². The van der Waals surface area contributed by atoms with Gasteiger partial charge in [0.05, 0.1) is 5.54 Å². The standard InChI is InChI=1S/C6H12N2O2/c1-7-4-6(2-3-6)8-5(9)10/h7-8H,2-4H2,1H3,(H,9,10). The summed E-state index contributed by atoms with van der Waals surface area (Å²) >= 11 is 0. The van der Waals surface area contributed by atoms with Crippen molar-refractivity contribution in [2.45, 2.75) is 18.4 Å². The summed E-state index contributed by atoms with van der Waals surface area (Å²) in [6, 6.07) is 0. The highest BCUT2D eigenvalue weighted by Gasteiger charge is 2.43. The van der Waals surface area contributed by atoms with Gasteiger partial charge in [-0.25, -0.2) is 4.79 Å². The Morgan fingerprint density at radius 3 is 2.60 bits per heavy atom. The van der Waals surface area contributed by atoms with Crippen LogP contribution >= 0.6 is 0 Å². The third-order valence-corrected chi connectivity index (χ3v) is 1.74. The molecule has 10 heavy (non-hydrogen) atoms. The normalized spacial score (nSPS) is 20.1. The summed E-state index contributed by atoms with van der Waals surface area (Å²) in [5.74, 6) is 0. The van der Waals surface area contributed by atoms with Crippen molar-refractivity contribution in [1.82, 2.24) is 10.6 Å². The van der Waals surface area contributed by atoms with Crippen molar-refractivity contribution >= 4 is 6.09 Å². The molecule has 1 aliphatic rings. The van der Waals surface area contributed by atoms with Crippen molar-refractivity contribution in [1.29, 1.82) is 0 Å². The Morgan fingerprint density at radius 1 is 1.70 bits per heavy atom. The lowest BCUT2D eigenvalue weighted by atomic mass is 10.3. The van der Waals surface area contributed by atoms with Crippen molar-refractivity contribution in [3.05, 3.63) is 0 Å². The molecule has 0 bridgehead atoms. The maximum Gasteiger partial charge on any atom is 0.405 e. The van der Waals surface area contributed by atoms with E-state index in [1.165, 1.54) is 0 Å². The molecule has 0 saturated heterocycles. The molecule has 0 aromatic heterocycles. The molecule has 0 aliphatic heterocycles. The van der Waals surface area contributed by atoms with Crippen LogP contribution in [-0.4, -0.2) is 30.3 Å². The zero-order valence-corrected chi connectivity index (χ0v) is 5.98. The van der Waals surface area contributed by atoms with E-state index in [-0.39, 0.29) is 5.54 Å². The van der Waals surface area contributed by atoms with Gasteiger partial charge in [-0.15, -0.1) is 0 Å². The molecule has 58 valence electrons. The fourth-order valence-corrected chi connectivity index (χ4v) is 1.06. The quantitative estimate of drug-likeness (QED) is 0.522. The Labute approximate surface area is 59.6 Å². The number of hydrogen-bond acceptors (Lipinski definition) is 2. The van der Waals surface area contributed by atoms with E-state index >= 15 is 0 Å². The van der Waals surface area contributed by atoms with Gasteiger partial charge in [-0.3, -0.25) is 0 Å². The Balaban J connectivity index is 2.30. The molecule has 1 saturated carbocycles. The first-order chi connectivity index (χ1) is 4.68. The molecule has 1 rings (SSSR count). The lowest BCUT2D eigenvalue weighted by Crippen LogP contribution is -2.42. The van der Waals surface area contributed by atoms with E-state index in [0.717, 1.165) is 19.4 Å². The number of hydrogen-bond donors (Lipinski definition) is 3. The van der Waals surface area contributed by atoms with E-state index in [0.29, 0.717) is 0 Å². The second-order valence-corrected chi connectivity index (χ2v) is 2.74. The molecule has 0 unspecified atom stereocenters. The Morgan fingerprint density at radius 2 is 2.30 bits per heavy atom. The first kappa shape index (κ1) is 7.34. The van der Waals surface area contributed by atoms with Gasteiger partial charge in [0.2, 0.25) is 0 Å². The monoisotopic (exact) mass is 144 g/mol. The largest absolute Gasteiger partial charge is 0.465 e. The van der Waals surface area contributed by atoms with Gasteiger partial charge in [0.15, 0.2) is 0 Å². The number of amides is 1. The van der Waals surface area contributed by atoms with Crippen molar-refractivity contribution in [2.24, 2.45) is 0 Å². The molecular weight excluding hydrogens is 132 g/mol. The first-order valence-electron chi connectivity index (χ1n) is 3.34. The Bertz CT molecular complexity index is 143. The molecule has 0 aromatic rings. The van der Waals surface area contributed by atoms with Gasteiger partial charge < -0.3 is 15.7 Å². The third-order valence-electron chi connectivity index (χ3n) is 1.74. The van der Waals surface area contributed by atoms with E-state index in [4.69, 9.17) is 5.11 Å². The van der Waals surface area contributed by atoms with Crippen LogP contribution in [0.3, 0.4) is 0 Å². The summed E-state index contributed by atoms with van der Waals surface area (Å²) in [7, 11) is 1.82. The smallest absolute Gasteiger partial charge is 0.405 e. The van der Waals surface area contributed by atoms with Crippen molar-refractivity contribution in [3.8, 4) is 0 Å². The molecule has 0 atom stereocenters. The number of carbonyl (C=O) groups is 1. The molecule has 1 amide bonds. The highest BCUT2D eigenvalue weighted by Crippen LogP contribution is 2.34. The fraction of sp³-hybridized carbons (Fsp3) is 0.833. The molecule has 0 radical (unpaired) electrons. The summed E-state index contributed by atoms with van der Waals surface area (Å²) in [5, 5.41) is 13.8. The number of likely N-dealkylation sites (N-methyl/N-ethyl adjacent to an activating group) is 1. The Kier molecular flexibility index (Phi) is 1.80. The zero-order chi connectivity index (χ0) is 7.61. The van der Waals surface area contributed by atoms with Gasteiger partial charge in [-0.1, -0.05) is 0 Å². The summed E-state index contributed by atoms with van der Waals surface area (Å²) in [6.07, 6.45) is 0.994. The minimum absolute atomic E-state index is 0.138. The fourth-order valence-electron chi connectivity index (χ4n) is 1.06.